The fourth-order valence-corrected chi connectivity index (χ4v) is 1.43. The van der Waals surface area contributed by atoms with E-state index < -0.39 is 17.6 Å². The fourth-order valence-electron chi connectivity index (χ4n) is 1.43. The Morgan fingerprint density at radius 3 is 2.69 bits per heavy atom. The molecular weight excluding hydrogens is 212 g/mol. The molecule has 0 spiro atoms. The van der Waals surface area contributed by atoms with Gasteiger partial charge in [-0.1, -0.05) is 6.92 Å². The van der Waals surface area contributed by atoms with E-state index in [1.165, 1.54) is 12.3 Å². The first-order valence-electron chi connectivity index (χ1n) is 5.01. The van der Waals surface area contributed by atoms with E-state index in [0.717, 1.165) is 6.07 Å². The minimum absolute atomic E-state index is 0.0897. The van der Waals surface area contributed by atoms with Crippen molar-refractivity contribution < 1.29 is 13.6 Å². The molecule has 0 aromatic heterocycles. The van der Waals surface area contributed by atoms with Gasteiger partial charge in [0.25, 0.3) is 0 Å². The number of ketones is 1. The molecule has 0 aliphatic heterocycles. The molecule has 0 amide bonds. The Kier molecular flexibility index (Phi) is 4.28. The lowest BCUT2D eigenvalue weighted by atomic mass is 9.96. The molecule has 1 aromatic rings. The number of rotatable bonds is 4. The van der Waals surface area contributed by atoms with Gasteiger partial charge in [-0.2, -0.15) is 0 Å². The van der Waals surface area contributed by atoms with Crippen LogP contribution >= 0.6 is 0 Å². The van der Waals surface area contributed by atoms with Crippen molar-refractivity contribution in [3.63, 3.8) is 0 Å². The van der Waals surface area contributed by atoms with E-state index in [9.17, 15) is 13.6 Å². The van der Waals surface area contributed by atoms with Crippen LogP contribution in [0.3, 0.4) is 0 Å². The molecule has 0 fully saturated rings. The number of nitrogens with zero attached hydrogens (tertiary/aromatic N) is 1. The zero-order chi connectivity index (χ0) is 12.1. The normalized spacial score (nSPS) is 13.0. The van der Waals surface area contributed by atoms with Gasteiger partial charge < -0.3 is 4.99 Å². The zero-order valence-electron chi connectivity index (χ0n) is 9.21. The first-order chi connectivity index (χ1) is 7.60. The molecule has 0 aliphatic carbocycles. The summed E-state index contributed by atoms with van der Waals surface area (Å²) in [6.45, 7) is 1.81. The van der Waals surface area contributed by atoms with E-state index in [1.807, 2.05) is 6.92 Å². The van der Waals surface area contributed by atoms with Crippen LogP contribution < -0.4 is 0 Å². The Morgan fingerprint density at radius 2 is 2.19 bits per heavy atom. The van der Waals surface area contributed by atoms with Gasteiger partial charge in [-0.05, 0) is 18.6 Å². The van der Waals surface area contributed by atoms with Gasteiger partial charge in [0.15, 0.2) is 5.78 Å². The summed E-state index contributed by atoms with van der Waals surface area (Å²) in [7, 11) is 1.55. The summed E-state index contributed by atoms with van der Waals surface area (Å²) >= 11 is 0. The highest BCUT2D eigenvalue weighted by Gasteiger charge is 2.19. The number of hydrogen-bond donors (Lipinski definition) is 0. The highest BCUT2D eigenvalue weighted by Crippen LogP contribution is 2.15. The molecule has 16 heavy (non-hydrogen) atoms. The van der Waals surface area contributed by atoms with E-state index in [1.54, 1.807) is 7.05 Å². The monoisotopic (exact) mass is 225 g/mol. The summed E-state index contributed by atoms with van der Waals surface area (Å²) in [5.74, 6) is -2.34. The second-order valence-electron chi connectivity index (χ2n) is 3.41. The van der Waals surface area contributed by atoms with Crippen molar-refractivity contribution in [1.29, 1.82) is 0 Å². The van der Waals surface area contributed by atoms with Crippen LogP contribution in [0.4, 0.5) is 8.78 Å². The van der Waals surface area contributed by atoms with E-state index in [0.29, 0.717) is 12.5 Å². The molecule has 1 atom stereocenters. The van der Waals surface area contributed by atoms with Crippen LogP contribution in [0.1, 0.15) is 23.7 Å². The van der Waals surface area contributed by atoms with Crippen molar-refractivity contribution in [3.8, 4) is 0 Å². The number of carbonyl (C=O) groups is 1. The predicted molar refractivity (Wildman–Crippen MR) is 58.9 cm³/mol. The summed E-state index contributed by atoms with van der Waals surface area (Å²) in [6, 6.07) is 2.95. The van der Waals surface area contributed by atoms with Crippen LogP contribution in [-0.2, 0) is 0 Å². The Balaban J connectivity index is 3.03. The van der Waals surface area contributed by atoms with Crippen LogP contribution in [0, 0.1) is 17.6 Å². The second kappa shape index (κ2) is 5.49. The Bertz CT molecular complexity index is 415. The number of benzene rings is 1. The van der Waals surface area contributed by atoms with Crippen molar-refractivity contribution in [1.82, 2.24) is 0 Å². The van der Waals surface area contributed by atoms with Gasteiger partial charge in [0, 0.05) is 19.3 Å². The van der Waals surface area contributed by atoms with Gasteiger partial charge in [0.1, 0.15) is 11.6 Å². The van der Waals surface area contributed by atoms with Crippen LogP contribution in [0.25, 0.3) is 0 Å². The van der Waals surface area contributed by atoms with Crippen molar-refractivity contribution >= 4 is 12.0 Å². The maximum Gasteiger partial charge on any atom is 0.174 e. The summed E-state index contributed by atoms with van der Waals surface area (Å²) in [5, 5.41) is 0. The number of Topliss-reactive ketones (excluding diaryl/α,β-unsaturated/α-hetero) is 1. The van der Waals surface area contributed by atoms with Gasteiger partial charge in [0.2, 0.25) is 0 Å². The Labute approximate surface area is 93.0 Å². The fraction of sp³-hybridized carbons (Fsp3) is 0.333. The molecule has 1 unspecified atom stereocenters. The molecule has 0 N–H and O–H groups in total. The van der Waals surface area contributed by atoms with Crippen molar-refractivity contribution in [2.45, 2.75) is 13.3 Å². The van der Waals surface area contributed by atoms with Crippen LogP contribution in [0.2, 0.25) is 0 Å². The number of carbonyl (C=O) groups excluding carboxylic acids is 1. The molecule has 0 radical (unpaired) electrons. The van der Waals surface area contributed by atoms with Crippen LogP contribution in [0.15, 0.2) is 23.2 Å². The number of aliphatic imine (C=N–C) groups is 1. The second-order valence-corrected chi connectivity index (χ2v) is 3.41. The van der Waals surface area contributed by atoms with Gasteiger partial charge in [-0.25, -0.2) is 8.78 Å². The van der Waals surface area contributed by atoms with Gasteiger partial charge in [-0.15, -0.1) is 0 Å². The van der Waals surface area contributed by atoms with Gasteiger partial charge in [-0.3, -0.25) is 4.79 Å². The Morgan fingerprint density at radius 1 is 1.50 bits per heavy atom. The highest BCUT2D eigenvalue weighted by atomic mass is 19.1. The van der Waals surface area contributed by atoms with Crippen molar-refractivity contribution in [3.05, 3.63) is 35.4 Å². The smallest absolute Gasteiger partial charge is 0.174 e. The SMILES string of the molecule is CCC(/C=N\C)C(=O)c1ccc(F)cc1F. The summed E-state index contributed by atoms with van der Waals surface area (Å²) in [5.41, 5.74) is -0.0897. The Hall–Kier alpha value is -1.58. The number of hydrogen-bond acceptors (Lipinski definition) is 2. The predicted octanol–water partition coefficient (Wildman–Crippen LogP) is 2.87. The third kappa shape index (κ3) is 2.72. The molecule has 86 valence electrons. The first-order valence-corrected chi connectivity index (χ1v) is 5.01. The van der Waals surface area contributed by atoms with E-state index in [4.69, 9.17) is 0 Å². The van der Waals surface area contributed by atoms with E-state index in [-0.39, 0.29) is 11.3 Å². The maximum absolute atomic E-state index is 13.3. The lowest BCUT2D eigenvalue weighted by Crippen LogP contribution is -2.17. The molecule has 0 heterocycles. The lowest BCUT2D eigenvalue weighted by molar-refractivity contribution is 0.0950. The van der Waals surface area contributed by atoms with Gasteiger partial charge in [0.05, 0.1) is 11.5 Å². The minimum Gasteiger partial charge on any atom is -0.300 e. The van der Waals surface area contributed by atoms with Crippen LogP contribution in [0.5, 0.6) is 0 Å². The van der Waals surface area contributed by atoms with Crippen molar-refractivity contribution in [2.24, 2.45) is 10.9 Å². The zero-order valence-corrected chi connectivity index (χ0v) is 9.21. The molecule has 0 bridgehead atoms. The quantitative estimate of drug-likeness (QED) is 0.572. The van der Waals surface area contributed by atoms with Crippen LogP contribution in [-0.4, -0.2) is 19.0 Å². The molecule has 0 aliphatic rings. The number of halogens is 2. The minimum atomic E-state index is -0.826. The summed E-state index contributed by atoms with van der Waals surface area (Å²) < 4.78 is 26.0. The molecule has 1 rings (SSSR count). The first kappa shape index (κ1) is 12.5. The van der Waals surface area contributed by atoms with E-state index >= 15 is 0 Å². The lowest BCUT2D eigenvalue weighted by Gasteiger charge is -2.08. The standard InChI is InChI=1S/C12H13F2NO/c1-3-8(7-15-2)12(16)10-5-4-9(13)6-11(10)14/h4-8H,3H2,1-2H3/b15-7-. The largest absolute Gasteiger partial charge is 0.300 e. The topological polar surface area (TPSA) is 29.4 Å². The third-order valence-corrected chi connectivity index (χ3v) is 2.30. The molecule has 1 aromatic carbocycles. The molecule has 4 heteroatoms. The summed E-state index contributed by atoms with van der Waals surface area (Å²) in [4.78, 5) is 15.6. The maximum atomic E-state index is 13.3. The average Bonchev–Trinajstić information content (AvgIpc) is 2.25. The summed E-state index contributed by atoms with van der Waals surface area (Å²) in [6.07, 6.45) is 2.01. The molecule has 0 saturated heterocycles. The molecular formula is C12H13F2NO. The van der Waals surface area contributed by atoms with Crippen molar-refractivity contribution in [2.75, 3.05) is 7.05 Å². The van der Waals surface area contributed by atoms with E-state index in [2.05, 4.69) is 4.99 Å². The van der Waals surface area contributed by atoms with Gasteiger partial charge >= 0.3 is 0 Å². The molecule has 2 nitrogen and oxygen atoms in total. The third-order valence-electron chi connectivity index (χ3n) is 2.30. The highest BCUT2D eigenvalue weighted by molar-refractivity contribution is 6.06. The molecule has 0 saturated carbocycles. The average molecular weight is 225 g/mol.